The molecule has 132 valence electrons. The second-order valence-electron chi connectivity index (χ2n) is 7.02. The predicted molar refractivity (Wildman–Crippen MR) is 98.4 cm³/mol. The van der Waals surface area contributed by atoms with Gasteiger partial charge in [0.15, 0.2) is 5.69 Å². The highest BCUT2D eigenvalue weighted by atomic mass is 35.5. The van der Waals surface area contributed by atoms with Crippen LogP contribution in [0.5, 0.6) is 0 Å². The third kappa shape index (κ3) is 3.61. The number of carbonyl (C=O) groups is 1. The molecule has 0 unspecified atom stereocenters. The van der Waals surface area contributed by atoms with Crippen molar-refractivity contribution < 1.29 is 4.79 Å². The summed E-state index contributed by atoms with van der Waals surface area (Å²) in [6, 6.07) is 8.68. The van der Waals surface area contributed by atoms with E-state index in [0.29, 0.717) is 41.3 Å². The molecule has 0 radical (unpaired) electrons. The fraction of sp³-hybridized carbons (Fsp3) is 0.421. The van der Waals surface area contributed by atoms with Crippen LogP contribution in [0.25, 0.3) is 5.69 Å². The molecule has 25 heavy (non-hydrogen) atoms. The van der Waals surface area contributed by atoms with Gasteiger partial charge in [-0.15, -0.1) is 0 Å². The molecule has 1 saturated heterocycles. The van der Waals surface area contributed by atoms with Gasteiger partial charge in [0, 0.05) is 24.8 Å². The lowest BCUT2D eigenvalue weighted by molar-refractivity contribution is 0.0613. The molecule has 1 aromatic heterocycles. The maximum absolute atomic E-state index is 12.9. The third-order valence-corrected chi connectivity index (χ3v) is 4.87. The molecule has 1 aliphatic rings. The third-order valence-electron chi connectivity index (χ3n) is 4.55. The van der Waals surface area contributed by atoms with Crippen LogP contribution in [0.4, 0.5) is 0 Å². The van der Waals surface area contributed by atoms with Gasteiger partial charge >= 0.3 is 0 Å². The number of benzene rings is 1. The quantitative estimate of drug-likeness (QED) is 0.826. The van der Waals surface area contributed by atoms with Gasteiger partial charge in [-0.1, -0.05) is 37.6 Å². The number of likely N-dealkylation sites (tertiary alicyclic amines) is 1. The van der Waals surface area contributed by atoms with Crippen LogP contribution in [0, 0.1) is 18.8 Å². The Labute approximate surface area is 152 Å². The highest BCUT2D eigenvalue weighted by molar-refractivity contribution is 6.32. The molecule has 0 N–H and O–H groups in total. The van der Waals surface area contributed by atoms with Gasteiger partial charge in [-0.25, -0.2) is 4.68 Å². The zero-order valence-electron chi connectivity index (χ0n) is 14.7. The zero-order valence-corrected chi connectivity index (χ0v) is 15.5. The first-order valence-corrected chi connectivity index (χ1v) is 8.89. The predicted octanol–water partition coefficient (Wildman–Crippen LogP) is 3.31. The van der Waals surface area contributed by atoms with Crippen LogP contribution in [0.1, 0.15) is 36.5 Å². The molecule has 5 nitrogen and oxygen atoms in total. The van der Waals surface area contributed by atoms with E-state index in [1.165, 1.54) is 6.07 Å². The lowest BCUT2D eigenvalue weighted by Crippen LogP contribution is -2.44. The first kappa shape index (κ1) is 17.7. The summed E-state index contributed by atoms with van der Waals surface area (Å²) in [5.74, 6) is 0.539. The summed E-state index contributed by atoms with van der Waals surface area (Å²) >= 11 is 6.26. The molecule has 6 heteroatoms. The maximum atomic E-state index is 12.9. The Morgan fingerprint density at radius 3 is 2.48 bits per heavy atom. The van der Waals surface area contributed by atoms with Gasteiger partial charge in [-0.2, -0.15) is 5.10 Å². The Morgan fingerprint density at radius 1 is 1.20 bits per heavy atom. The van der Waals surface area contributed by atoms with Gasteiger partial charge in [0.2, 0.25) is 5.43 Å². The number of rotatable bonds is 2. The number of halogens is 1. The molecule has 2 aromatic rings. The van der Waals surface area contributed by atoms with E-state index in [9.17, 15) is 9.59 Å². The van der Waals surface area contributed by atoms with Gasteiger partial charge in [0.25, 0.3) is 5.91 Å². The number of aryl methyl sites for hydroxylation is 1. The van der Waals surface area contributed by atoms with Gasteiger partial charge < -0.3 is 4.90 Å². The van der Waals surface area contributed by atoms with E-state index in [1.807, 2.05) is 18.2 Å². The van der Waals surface area contributed by atoms with Crippen molar-refractivity contribution in [3.05, 3.63) is 57.0 Å². The normalized spacial score (nSPS) is 20.6. The molecule has 0 bridgehead atoms. The number of hydrogen-bond acceptors (Lipinski definition) is 3. The summed E-state index contributed by atoms with van der Waals surface area (Å²) < 4.78 is 1.56. The van der Waals surface area contributed by atoms with Crippen LogP contribution < -0.4 is 5.43 Å². The Morgan fingerprint density at radius 2 is 1.84 bits per heavy atom. The Kier molecular flexibility index (Phi) is 4.95. The average Bonchev–Trinajstić information content (AvgIpc) is 2.54. The molecule has 3 rings (SSSR count). The summed E-state index contributed by atoms with van der Waals surface area (Å²) in [6.07, 6.45) is 1.09. The highest BCUT2D eigenvalue weighted by Crippen LogP contribution is 2.23. The molecule has 0 aliphatic carbocycles. The van der Waals surface area contributed by atoms with E-state index in [-0.39, 0.29) is 17.0 Å². The van der Waals surface area contributed by atoms with Crippen LogP contribution in [0.15, 0.2) is 35.1 Å². The minimum absolute atomic E-state index is 0.0492. The van der Waals surface area contributed by atoms with Crippen LogP contribution in [-0.4, -0.2) is 33.7 Å². The summed E-state index contributed by atoms with van der Waals surface area (Å²) in [5, 5.41) is 4.87. The van der Waals surface area contributed by atoms with Crippen molar-refractivity contribution in [3.63, 3.8) is 0 Å². The zero-order chi connectivity index (χ0) is 18.1. The van der Waals surface area contributed by atoms with E-state index < -0.39 is 0 Å². The van der Waals surface area contributed by atoms with Crippen molar-refractivity contribution in [1.82, 2.24) is 14.7 Å². The molecular weight excluding hydrogens is 338 g/mol. The van der Waals surface area contributed by atoms with Crippen LogP contribution in [0.2, 0.25) is 5.02 Å². The van der Waals surface area contributed by atoms with E-state index >= 15 is 0 Å². The summed E-state index contributed by atoms with van der Waals surface area (Å²) in [7, 11) is 0. The van der Waals surface area contributed by atoms with Gasteiger partial charge in [0.1, 0.15) is 0 Å². The average molecular weight is 360 g/mol. The summed E-state index contributed by atoms with van der Waals surface area (Å²) in [5.41, 5.74) is 0.884. The van der Waals surface area contributed by atoms with Crippen molar-refractivity contribution in [2.24, 2.45) is 11.8 Å². The monoisotopic (exact) mass is 359 g/mol. The van der Waals surface area contributed by atoms with Gasteiger partial charge in [0.05, 0.1) is 10.7 Å². The van der Waals surface area contributed by atoms with Crippen LogP contribution in [0.3, 0.4) is 0 Å². The van der Waals surface area contributed by atoms with Gasteiger partial charge in [-0.05, 0) is 37.3 Å². The second-order valence-corrected chi connectivity index (χ2v) is 7.43. The SMILES string of the molecule is Cc1cc(=O)c(C(=O)N2C[C@H](C)C[C@H](C)C2)nn1-c1ccccc1Cl. The number of aromatic nitrogens is 2. The van der Waals surface area contributed by atoms with Crippen molar-refractivity contribution in [2.45, 2.75) is 27.2 Å². The standard InChI is InChI=1S/C19H22ClN3O2/c1-12-8-13(2)11-22(10-12)19(25)18-17(24)9-14(3)23(21-18)16-7-5-4-6-15(16)20/h4-7,9,12-13H,8,10-11H2,1-3H3/t12-,13+. The van der Waals surface area contributed by atoms with Crippen molar-refractivity contribution >= 4 is 17.5 Å². The largest absolute Gasteiger partial charge is 0.337 e. The van der Waals surface area contributed by atoms with E-state index in [4.69, 9.17) is 11.6 Å². The number of carbonyl (C=O) groups excluding carboxylic acids is 1. The minimum atomic E-state index is -0.350. The van der Waals surface area contributed by atoms with Crippen molar-refractivity contribution in [3.8, 4) is 5.69 Å². The highest BCUT2D eigenvalue weighted by Gasteiger charge is 2.28. The number of hydrogen-bond donors (Lipinski definition) is 0. The van der Waals surface area contributed by atoms with E-state index in [2.05, 4.69) is 18.9 Å². The topological polar surface area (TPSA) is 55.2 Å². The van der Waals surface area contributed by atoms with E-state index in [1.54, 1.807) is 22.6 Å². The molecule has 1 aliphatic heterocycles. The molecule has 2 heterocycles. The fourth-order valence-corrected chi connectivity index (χ4v) is 3.76. The second kappa shape index (κ2) is 7.00. The molecule has 1 fully saturated rings. The van der Waals surface area contributed by atoms with Crippen LogP contribution >= 0.6 is 11.6 Å². The minimum Gasteiger partial charge on any atom is -0.337 e. The number of piperidine rings is 1. The molecule has 0 saturated carbocycles. The Balaban J connectivity index is 2.02. The van der Waals surface area contributed by atoms with Gasteiger partial charge in [-0.3, -0.25) is 9.59 Å². The molecule has 1 amide bonds. The first-order valence-electron chi connectivity index (χ1n) is 8.52. The Bertz CT molecular complexity index is 852. The van der Waals surface area contributed by atoms with Crippen LogP contribution in [-0.2, 0) is 0 Å². The van der Waals surface area contributed by atoms with E-state index in [0.717, 1.165) is 6.42 Å². The molecule has 1 aromatic carbocycles. The summed E-state index contributed by atoms with van der Waals surface area (Å²) in [6.45, 7) is 7.34. The lowest BCUT2D eigenvalue weighted by Gasteiger charge is -2.34. The summed E-state index contributed by atoms with van der Waals surface area (Å²) in [4.78, 5) is 27.1. The molecule has 2 atom stereocenters. The number of para-hydroxylation sites is 1. The Hall–Kier alpha value is -2.14. The first-order chi connectivity index (χ1) is 11.9. The molecular formula is C19H22ClN3O2. The number of amides is 1. The smallest absolute Gasteiger partial charge is 0.278 e. The molecule has 0 spiro atoms. The fourth-order valence-electron chi connectivity index (χ4n) is 3.54. The number of nitrogens with zero attached hydrogens (tertiary/aromatic N) is 3. The van der Waals surface area contributed by atoms with Crippen molar-refractivity contribution in [1.29, 1.82) is 0 Å². The van der Waals surface area contributed by atoms with Crippen molar-refractivity contribution in [2.75, 3.05) is 13.1 Å². The maximum Gasteiger partial charge on any atom is 0.278 e. The lowest BCUT2D eigenvalue weighted by atomic mass is 9.92.